The molecule has 220 valence electrons. The number of likely N-dealkylation sites (N-methyl/N-ethyl adjacent to an activating group) is 1. The molecule has 1 aliphatic heterocycles. The number of anilines is 1. The Morgan fingerprint density at radius 1 is 0.829 bits per heavy atom. The number of sulfone groups is 1. The van der Waals surface area contributed by atoms with Crippen molar-refractivity contribution >= 4 is 49.9 Å². The highest BCUT2D eigenvalue weighted by atomic mass is 35.5. The van der Waals surface area contributed by atoms with E-state index in [1.165, 1.54) is 60.1 Å². The van der Waals surface area contributed by atoms with Crippen LogP contribution in [-0.4, -0.2) is 54.0 Å². The zero-order valence-electron chi connectivity index (χ0n) is 23.2. The standard InChI is InChI=1S/C30H35N3O5S2.ClH/c1-32(30(34)19-12-24-10-15-28(16-11-24)39(2,35)36)27-13-17-29(18-14-27)40(37,38)31-22-25-6-8-26(9-7-25)23-33-20-4-3-5-21-33;/h6-19,31H,3-5,20-23H2,1-2H3;1H. The van der Waals surface area contributed by atoms with E-state index in [9.17, 15) is 21.6 Å². The third-order valence-corrected chi connectivity index (χ3v) is 9.48. The maximum absolute atomic E-state index is 12.8. The van der Waals surface area contributed by atoms with E-state index in [1.54, 1.807) is 37.4 Å². The number of nitrogens with zero attached hydrogens (tertiary/aromatic N) is 2. The SMILES string of the molecule is CN(C(=O)C=Cc1ccc(S(C)(=O)=O)cc1)c1ccc(S(=O)(=O)NCc2ccc(CN3CCCCC3)cc2)cc1.Cl. The molecule has 3 aromatic carbocycles. The van der Waals surface area contributed by atoms with Crippen molar-refractivity contribution in [2.75, 3.05) is 31.3 Å². The summed E-state index contributed by atoms with van der Waals surface area (Å²) in [5, 5.41) is 0. The fourth-order valence-electron chi connectivity index (χ4n) is 4.48. The summed E-state index contributed by atoms with van der Waals surface area (Å²) in [6.45, 7) is 3.36. The third-order valence-electron chi connectivity index (χ3n) is 6.94. The van der Waals surface area contributed by atoms with E-state index < -0.39 is 19.9 Å². The van der Waals surface area contributed by atoms with Gasteiger partial charge in [-0.2, -0.15) is 0 Å². The highest BCUT2D eigenvalue weighted by Crippen LogP contribution is 2.19. The first-order chi connectivity index (χ1) is 19.0. The van der Waals surface area contributed by atoms with E-state index in [0.29, 0.717) is 11.3 Å². The molecule has 1 aliphatic rings. The van der Waals surface area contributed by atoms with Crippen LogP contribution in [0.1, 0.15) is 36.0 Å². The lowest BCUT2D eigenvalue weighted by Gasteiger charge is -2.26. The van der Waals surface area contributed by atoms with Crippen LogP contribution in [-0.2, 0) is 37.7 Å². The number of amides is 1. The molecule has 0 aliphatic carbocycles. The van der Waals surface area contributed by atoms with Crippen LogP contribution < -0.4 is 9.62 Å². The molecule has 0 unspecified atom stereocenters. The van der Waals surface area contributed by atoms with Crippen LogP contribution in [0.15, 0.2) is 88.7 Å². The predicted octanol–water partition coefficient (Wildman–Crippen LogP) is 4.65. The summed E-state index contributed by atoms with van der Waals surface area (Å²) < 4.78 is 51.5. The minimum atomic E-state index is -3.73. The van der Waals surface area contributed by atoms with Gasteiger partial charge in [-0.1, -0.05) is 42.8 Å². The van der Waals surface area contributed by atoms with Crippen LogP contribution >= 0.6 is 12.4 Å². The molecule has 1 N–H and O–H groups in total. The van der Waals surface area contributed by atoms with E-state index in [2.05, 4.69) is 21.8 Å². The predicted molar refractivity (Wildman–Crippen MR) is 165 cm³/mol. The molecule has 4 rings (SSSR count). The highest BCUT2D eigenvalue weighted by molar-refractivity contribution is 7.90. The van der Waals surface area contributed by atoms with Crippen molar-refractivity contribution in [1.29, 1.82) is 0 Å². The molecule has 1 saturated heterocycles. The lowest BCUT2D eigenvalue weighted by atomic mass is 10.1. The van der Waals surface area contributed by atoms with E-state index >= 15 is 0 Å². The van der Waals surface area contributed by atoms with E-state index in [-0.39, 0.29) is 34.6 Å². The fraction of sp³-hybridized carbons (Fsp3) is 0.300. The number of halogens is 1. The van der Waals surface area contributed by atoms with Gasteiger partial charge in [0.05, 0.1) is 9.79 Å². The number of carbonyl (C=O) groups excluding carboxylic acids is 1. The average molecular weight is 618 g/mol. The Bertz CT molecular complexity index is 1550. The van der Waals surface area contributed by atoms with Gasteiger partial charge in [0.1, 0.15) is 0 Å². The summed E-state index contributed by atoms with van der Waals surface area (Å²) in [5.41, 5.74) is 3.32. The molecule has 0 aromatic heterocycles. The number of hydrogen-bond acceptors (Lipinski definition) is 6. The number of nitrogens with one attached hydrogen (secondary N) is 1. The number of rotatable bonds is 10. The molecular formula is C30H36ClN3O5S2. The van der Waals surface area contributed by atoms with Gasteiger partial charge in [0, 0.05) is 38.2 Å². The lowest BCUT2D eigenvalue weighted by Crippen LogP contribution is -2.29. The summed E-state index contributed by atoms with van der Waals surface area (Å²) >= 11 is 0. The van der Waals surface area contributed by atoms with Gasteiger partial charge < -0.3 is 4.90 Å². The smallest absolute Gasteiger partial charge is 0.250 e. The molecule has 0 radical (unpaired) electrons. The van der Waals surface area contributed by atoms with Crippen molar-refractivity contribution in [3.05, 3.63) is 95.6 Å². The van der Waals surface area contributed by atoms with Crippen molar-refractivity contribution in [3.63, 3.8) is 0 Å². The van der Waals surface area contributed by atoms with Crippen LogP contribution in [0.25, 0.3) is 6.08 Å². The first-order valence-electron chi connectivity index (χ1n) is 13.2. The Kier molecular flexibility index (Phi) is 11.3. The van der Waals surface area contributed by atoms with Gasteiger partial charge >= 0.3 is 0 Å². The summed E-state index contributed by atoms with van der Waals surface area (Å²) in [6.07, 6.45) is 7.90. The Hall–Kier alpha value is -3.02. The van der Waals surface area contributed by atoms with Gasteiger partial charge in [0.25, 0.3) is 5.91 Å². The first-order valence-corrected chi connectivity index (χ1v) is 16.5. The minimum absolute atomic E-state index is 0. The van der Waals surface area contributed by atoms with E-state index in [0.717, 1.165) is 31.5 Å². The normalized spacial score (nSPS) is 14.5. The first kappa shape index (κ1) is 32.5. The largest absolute Gasteiger partial charge is 0.312 e. The van der Waals surface area contributed by atoms with Crippen LogP contribution in [0.5, 0.6) is 0 Å². The van der Waals surface area contributed by atoms with Crippen LogP contribution in [0, 0.1) is 0 Å². The molecule has 41 heavy (non-hydrogen) atoms. The van der Waals surface area contributed by atoms with Crippen molar-refractivity contribution in [2.24, 2.45) is 0 Å². The van der Waals surface area contributed by atoms with Gasteiger partial charge in [-0.15, -0.1) is 12.4 Å². The van der Waals surface area contributed by atoms with E-state index in [4.69, 9.17) is 0 Å². The summed E-state index contributed by atoms with van der Waals surface area (Å²) in [5.74, 6) is -0.315. The molecule has 11 heteroatoms. The van der Waals surface area contributed by atoms with Crippen molar-refractivity contribution in [3.8, 4) is 0 Å². The maximum atomic E-state index is 12.8. The van der Waals surface area contributed by atoms with E-state index in [1.807, 2.05) is 12.1 Å². The number of sulfonamides is 1. The Morgan fingerprint density at radius 2 is 1.39 bits per heavy atom. The summed E-state index contributed by atoms with van der Waals surface area (Å²) in [7, 11) is -5.43. The molecule has 1 heterocycles. The summed E-state index contributed by atoms with van der Waals surface area (Å²) in [4.78, 5) is 16.8. The Balaban J connectivity index is 0.00000462. The topological polar surface area (TPSA) is 104 Å². The molecule has 0 saturated carbocycles. The maximum Gasteiger partial charge on any atom is 0.250 e. The molecule has 0 atom stereocenters. The van der Waals surface area contributed by atoms with Crippen LogP contribution in [0.3, 0.4) is 0 Å². The highest BCUT2D eigenvalue weighted by Gasteiger charge is 2.16. The molecule has 1 amide bonds. The lowest BCUT2D eigenvalue weighted by molar-refractivity contribution is -0.113. The number of hydrogen-bond donors (Lipinski definition) is 1. The molecule has 0 spiro atoms. The van der Waals surface area contributed by atoms with Gasteiger partial charge in [-0.3, -0.25) is 9.69 Å². The zero-order valence-corrected chi connectivity index (χ0v) is 25.6. The monoisotopic (exact) mass is 617 g/mol. The number of piperidine rings is 1. The van der Waals surface area contributed by atoms with Crippen molar-refractivity contribution < 1.29 is 21.6 Å². The quantitative estimate of drug-likeness (QED) is 0.332. The number of benzene rings is 3. The Labute approximate surface area is 249 Å². The van der Waals surface area contributed by atoms with Crippen LogP contribution in [0.2, 0.25) is 0 Å². The third kappa shape index (κ3) is 9.24. The van der Waals surface area contributed by atoms with Gasteiger partial charge in [0.15, 0.2) is 9.84 Å². The molecule has 3 aromatic rings. The molecule has 1 fully saturated rings. The fourth-order valence-corrected chi connectivity index (χ4v) is 6.13. The van der Waals surface area contributed by atoms with Crippen molar-refractivity contribution in [2.45, 2.75) is 42.1 Å². The minimum Gasteiger partial charge on any atom is -0.312 e. The van der Waals surface area contributed by atoms with Crippen molar-refractivity contribution in [1.82, 2.24) is 9.62 Å². The number of carbonyl (C=O) groups is 1. The van der Waals surface area contributed by atoms with Gasteiger partial charge in [-0.25, -0.2) is 21.6 Å². The van der Waals surface area contributed by atoms with Gasteiger partial charge in [-0.05, 0) is 85.1 Å². The molecule has 0 bridgehead atoms. The number of likely N-dealkylation sites (tertiary alicyclic amines) is 1. The van der Waals surface area contributed by atoms with Crippen LogP contribution in [0.4, 0.5) is 5.69 Å². The molecular weight excluding hydrogens is 582 g/mol. The second kappa shape index (κ2) is 14.2. The second-order valence-electron chi connectivity index (χ2n) is 10.0. The Morgan fingerprint density at radius 3 is 1.98 bits per heavy atom. The average Bonchev–Trinajstić information content (AvgIpc) is 2.95. The van der Waals surface area contributed by atoms with Gasteiger partial charge in [0.2, 0.25) is 10.0 Å². The summed E-state index contributed by atoms with van der Waals surface area (Å²) in [6, 6.07) is 20.3. The second-order valence-corrected chi connectivity index (χ2v) is 13.8. The zero-order chi connectivity index (χ0) is 28.8. The molecule has 8 nitrogen and oxygen atoms in total.